The molecule has 1 aliphatic heterocycles. The molecular formula is C10H16N2OS. The van der Waals surface area contributed by atoms with Gasteiger partial charge in [0.2, 0.25) is 0 Å². The van der Waals surface area contributed by atoms with Crippen LogP contribution in [0, 0.1) is 0 Å². The maximum atomic E-state index is 5.81. The van der Waals surface area contributed by atoms with E-state index in [2.05, 4.69) is 12.2 Å². The topological polar surface area (TPSA) is 47.3 Å². The summed E-state index contributed by atoms with van der Waals surface area (Å²) in [4.78, 5) is 1.22. The smallest absolute Gasteiger partial charge is 0.0646 e. The third-order valence-corrected chi connectivity index (χ3v) is 3.61. The largest absolute Gasteiger partial charge is 0.398 e. The molecular weight excluding hydrogens is 196 g/mol. The van der Waals surface area contributed by atoms with Gasteiger partial charge in [0.25, 0.3) is 0 Å². The van der Waals surface area contributed by atoms with E-state index in [-0.39, 0.29) is 5.54 Å². The normalized spacial score (nSPS) is 26.9. The minimum Gasteiger partial charge on any atom is -0.398 e. The molecule has 0 bridgehead atoms. The second-order valence-electron chi connectivity index (χ2n) is 4.02. The van der Waals surface area contributed by atoms with Crippen LogP contribution in [0.5, 0.6) is 0 Å². The lowest BCUT2D eigenvalue weighted by Gasteiger charge is -2.23. The summed E-state index contributed by atoms with van der Waals surface area (Å²) in [6, 6.07) is 1.95. The van der Waals surface area contributed by atoms with Crippen molar-refractivity contribution < 1.29 is 4.74 Å². The van der Waals surface area contributed by atoms with Gasteiger partial charge >= 0.3 is 0 Å². The maximum absolute atomic E-state index is 5.81. The van der Waals surface area contributed by atoms with Crippen molar-refractivity contribution in [3.63, 3.8) is 0 Å². The van der Waals surface area contributed by atoms with Gasteiger partial charge in [-0.05, 0) is 24.8 Å². The van der Waals surface area contributed by atoms with Gasteiger partial charge in [-0.25, -0.2) is 0 Å². The first-order valence-electron chi connectivity index (χ1n) is 4.84. The molecule has 2 rings (SSSR count). The number of hydrogen-bond donors (Lipinski definition) is 2. The number of nitrogen functional groups attached to an aromatic ring is 1. The molecule has 4 heteroatoms. The number of hydrogen-bond acceptors (Lipinski definition) is 4. The molecule has 14 heavy (non-hydrogen) atoms. The van der Waals surface area contributed by atoms with E-state index in [1.165, 1.54) is 4.88 Å². The molecule has 2 heterocycles. The Kier molecular flexibility index (Phi) is 2.76. The highest BCUT2D eigenvalue weighted by Gasteiger charge is 2.28. The molecule has 0 saturated carbocycles. The van der Waals surface area contributed by atoms with Crippen molar-refractivity contribution in [3.8, 4) is 0 Å². The molecule has 0 amide bonds. The predicted molar refractivity (Wildman–Crippen MR) is 59.4 cm³/mol. The van der Waals surface area contributed by atoms with E-state index in [0.29, 0.717) is 0 Å². The minimum atomic E-state index is 0.135. The summed E-state index contributed by atoms with van der Waals surface area (Å²) in [6.07, 6.45) is 1.08. The molecule has 0 aromatic carbocycles. The molecule has 1 saturated heterocycles. The number of thiophene rings is 1. The van der Waals surface area contributed by atoms with Gasteiger partial charge < -0.3 is 15.8 Å². The van der Waals surface area contributed by atoms with Gasteiger partial charge in [-0.2, -0.15) is 0 Å². The number of nitrogens with one attached hydrogen (secondary N) is 1. The first kappa shape index (κ1) is 9.96. The summed E-state index contributed by atoms with van der Waals surface area (Å²) in [5.41, 5.74) is 6.84. The van der Waals surface area contributed by atoms with Crippen molar-refractivity contribution in [2.75, 3.05) is 18.9 Å². The van der Waals surface area contributed by atoms with E-state index in [0.717, 1.165) is 31.9 Å². The molecule has 78 valence electrons. The summed E-state index contributed by atoms with van der Waals surface area (Å²) >= 11 is 1.70. The van der Waals surface area contributed by atoms with Crippen LogP contribution >= 0.6 is 11.3 Å². The average molecular weight is 212 g/mol. The molecule has 1 unspecified atom stereocenters. The van der Waals surface area contributed by atoms with Crippen molar-refractivity contribution in [2.45, 2.75) is 25.4 Å². The van der Waals surface area contributed by atoms with Gasteiger partial charge in [0.05, 0.1) is 6.61 Å². The van der Waals surface area contributed by atoms with Crippen LogP contribution < -0.4 is 11.1 Å². The highest BCUT2D eigenvalue weighted by Crippen LogP contribution is 2.22. The molecule has 0 aliphatic carbocycles. The highest BCUT2D eigenvalue weighted by molar-refractivity contribution is 7.10. The first-order chi connectivity index (χ1) is 6.70. The Morgan fingerprint density at radius 2 is 2.57 bits per heavy atom. The Bertz CT molecular complexity index is 305. The second-order valence-corrected chi connectivity index (χ2v) is 5.02. The molecule has 1 aliphatic rings. The third-order valence-electron chi connectivity index (χ3n) is 2.67. The summed E-state index contributed by atoms with van der Waals surface area (Å²) in [6.45, 7) is 4.72. The summed E-state index contributed by atoms with van der Waals surface area (Å²) in [5.74, 6) is 0. The monoisotopic (exact) mass is 212 g/mol. The molecule has 1 aromatic rings. The second kappa shape index (κ2) is 3.88. The van der Waals surface area contributed by atoms with E-state index < -0.39 is 0 Å². The molecule has 0 spiro atoms. The minimum absolute atomic E-state index is 0.135. The van der Waals surface area contributed by atoms with Gasteiger partial charge in [-0.15, -0.1) is 11.3 Å². The Balaban J connectivity index is 1.91. The van der Waals surface area contributed by atoms with E-state index in [1.807, 2.05) is 11.4 Å². The Morgan fingerprint density at radius 1 is 1.71 bits per heavy atom. The van der Waals surface area contributed by atoms with Crippen LogP contribution in [-0.4, -0.2) is 18.8 Å². The van der Waals surface area contributed by atoms with E-state index in [1.54, 1.807) is 11.3 Å². The van der Waals surface area contributed by atoms with E-state index in [9.17, 15) is 0 Å². The van der Waals surface area contributed by atoms with Crippen molar-refractivity contribution in [1.29, 1.82) is 0 Å². The van der Waals surface area contributed by atoms with Crippen molar-refractivity contribution in [3.05, 3.63) is 16.3 Å². The van der Waals surface area contributed by atoms with Crippen LogP contribution in [0.1, 0.15) is 18.2 Å². The predicted octanol–water partition coefficient (Wildman–Crippen LogP) is 1.60. The van der Waals surface area contributed by atoms with Gasteiger partial charge in [0.1, 0.15) is 0 Å². The number of anilines is 1. The third kappa shape index (κ3) is 2.08. The number of nitrogens with two attached hydrogens (primary N) is 1. The summed E-state index contributed by atoms with van der Waals surface area (Å²) < 4.78 is 5.37. The van der Waals surface area contributed by atoms with E-state index in [4.69, 9.17) is 10.5 Å². The Morgan fingerprint density at radius 3 is 3.14 bits per heavy atom. The SMILES string of the molecule is CC1(NCc2sccc2N)CCOC1. The fourth-order valence-corrected chi connectivity index (χ4v) is 2.33. The van der Waals surface area contributed by atoms with Gasteiger partial charge in [0, 0.05) is 29.3 Å². The van der Waals surface area contributed by atoms with Crippen LogP contribution in [-0.2, 0) is 11.3 Å². The molecule has 1 aromatic heterocycles. The lowest BCUT2D eigenvalue weighted by atomic mass is 10.0. The van der Waals surface area contributed by atoms with Crippen LogP contribution in [0.15, 0.2) is 11.4 Å². The van der Waals surface area contributed by atoms with Crippen molar-refractivity contribution in [1.82, 2.24) is 5.32 Å². The number of rotatable bonds is 3. The Hall–Kier alpha value is -0.580. The van der Waals surface area contributed by atoms with Crippen LogP contribution in [0.2, 0.25) is 0 Å². The highest BCUT2D eigenvalue weighted by atomic mass is 32.1. The van der Waals surface area contributed by atoms with Crippen molar-refractivity contribution in [2.24, 2.45) is 0 Å². The number of ether oxygens (including phenoxy) is 1. The van der Waals surface area contributed by atoms with Crippen LogP contribution in [0.4, 0.5) is 5.69 Å². The van der Waals surface area contributed by atoms with Gasteiger partial charge in [-0.3, -0.25) is 0 Å². The lowest BCUT2D eigenvalue weighted by Crippen LogP contribution is -2.42. The molecule has 0 radical (unpaired) electrons. The molecule has 1 fully saturated rings. The quantitative estimate of drug-likeness (QED) is 0.800. The fraction of sp³-hybridized carbons (Fsp3) is 0.600. The maximum Gasteiger partial charge on any atom is 0.0646 e. The molecule has 3 N–H and O–H groups in total. The lowest BCUT2D eigenvalue weighted by molar-refractivity contribution is 0.171. The van der Waals surface area contributed by atoms with Crippen molar-refractivity contribution >= 4 is 17.0 Å². The summed E-state index contributed by atoms with van der Waals surface area (Å²) in [7, 11) is 0. The molecule has 3 nitrogen and oxygen atoms in total. The zero-order chi connectivity index (χ0) is 10.0. The van der Waals surface area contributed by atoms with Crippen LogP contribution in [0.25, 0.3) is 0 Å². The average Bonchev–Trinajstić information content (AvgIpc) is 2.73. The summed E-state index contributed by atoms with van der Waals surface area (Å²) in [5, 5.41) is 5.53. The zero-order valence-electron chi connectivity index (χ0n) is 8.38. The fourth-order valence-electron chi connectivity index (χ4n) is 1.59. The first-order valence-corrected chi connectivity index (χ1v) is 5.72. The van der Waals surface area contributed by atoms with Crippen LogP contribution in [0.3, 0.4) is 0 Å². The van der Waals surface area contributed by atoms with Gasteiger partial charge in [-0.1, -0.05) is 0 Å². The van der Waals surface area contributed by atoms with Gasteiger partial charge in [0.15, 0.2) is 0 Å². The standard InChI is InChI=1S/C10H16N2OS/c1-10(3-4-13-7-10)12-6-9-8(11)2-5-14-9/h2,5,12H,3-4,6-7,11H2,1H3. The zero-order valence-corrected chi connectivity index (χ0v) is 9.19. The molecule has 1 atom stereocenters. The Labute approximate surface area is 88.3 Å². The van der Waals surface area contributed by atoms with E-state index >= 15 is 0 Å².